The molecule has 2 unspecified atom stereocenters. The predicted molar refractivity (Wildman–Crippen MR) is 129 cm³/mol. The molecule has 4 rings (SSSR count). The zero-order chi connectivity index (χ0) is 24.8. The summed E-state index contributed by atoms with van der Waals surface area (Å²) in [6, 6.07) is 22.6. The highest BCUT2D eigenvalue weighted by Crippen LogP contribution is 2.25. The zero-order valence-corrected chi connectivity index (χ0v) is 19.6. The summed E-state index contributed by atoms with van der Waals surface area (Å²) in [6.07, 6.45) is 1.33. The molecule has 0 spiro atoms. The van der Waals surface area contributed by atoms with E-state index in [1.165, 1.54) is 18.4 Å². The molecule has 0 radical (unpaired) electrons. The predicted octanol–water partition coefficient (Wildman–Crippen LogP) is 6.21. The van der Waals surface area contributed by atoms with Crippen molar-refractivity contribution in [2.24, 2.45) is 0 Å². The maximum Gasteiger partial charge on any atom is 0.273 e. The van der Waals surface area contributed by atoms with E-state index in [-0.39, 0.29) is 36.8 Å². The van der Waals surface area contributed by atoms with Crippen LogP contribution in [0.2, 0.25) is 0 Å². The third-order valence-electron chi connectivity index (χ3n) is 5.99. The Labute approximate surface area is 203 Å². The van der Waals surface area contributed by atoms with Crippen LogP contribution in [0.15, 0.2) is 89.5 Å². The normalized spacial score (nSPS) is 12.9. The van der Waals surface area contributed by atoms with Crippen molar-refractivity contribution in [3.05, 3.63) is 125 Å². The van der Waals surface area contributed by atoms with Crippen molar-refractivity contribution < 1.29 is 18.0 Å². The van der Waals surface area contributed by atoms with Crippen LogP contribution in [-0.2, 0) is 13.1 Å². The largest absolute Gasteiger partial charge is 0.447 e. The molecule has 1 heterocycles. The second-order valence-electron chi connectivity index (χ2n) is 8.46. The molecule has 3 aromatic carbocycles. The molecular formula is C28H27F2N3O2. The van der Waals surface area contributed by atoms with Gasteiger partial charge in [-0.2, -0.15) is 0 Å². The van der Waals surface area contributed by atoms with E-state index in [1.807, 2.05) is 79.4 Å². The van der Waals surface area contributed by atoms with Gasteiger partial charge in [0.1, 0.15) is 17.9 Å². The van der Waals surface area contributed by atoms with E-state index in [4.69, 9.17) is 4.42 Å². The summed E-state index contributed by atoms with van der Waals surface area (Å²) in [6.45, 7) is 4.33. The Hall–Kier alpha value is -3.84. The molecule has 180 valence electrons. The second kappa shape index (κ2) is 11.1. The van der Waals surface area contributed by atoms with Gasteiger partial charge in [-0.15, -0.1) is 0 Å². The van der Waals surface area contributed by atoms with Crippen LogP contribution in [0.3, 0.4) is 0 Å². The summed E-state index contributed by atoms with van der Waals surface area (Å²) in [7, 11) is 0. The number of nitrogens with one attached hydrogen (secondary N) is 1. The molecule has 0 saturated carbocycles. The molecule has 1 aromatic heterocycles. The molecule has 0 fully saturated rings. The van der Waals surface area contributed by atoms with Crippen LogP contribution in [0.5, 0.6) is 0 Å². The third kappa shape index (κ3) is 6.19. The fourth-order valence-electron chi connectivity index (χ4n) is 3.90. The van der Waals surface area contributed by atoms with E-state index < -0.39 is 11.6 Å². The fourth-order valence-corrected chi connectivity index (χ4v) is 3.90. The Morgan fingerprint density at radius 3 is 2.26 bits per heavy atom. The first-order valence-corrected chi connectivity index (χ1v) is 11.4. The summed E-state index contributed by atoms with van der Waals surface area (Å²) < 4.78 is 33.5. The van der Waals surface area contributed by atoms with Crippen molar-refractivity contribution >= 4 is 5.91 Å². The van der Waals surface area contributed by atoms with Gasteiger partial charge in [-0.25, -0.2) is 13.8 Å². The van der Waals surface area contributed by atoms with Crippen LogP contribution < -0.4 is 5.32 Å². The van der Waals surface area contributed by atoms with Crippen LogP contribution in [0.25, 0.3) is 0 Å². The number of halogens is 2. The number of hydrogen-bond acceptors (Lipinski definition) is 4. The Balaban J connectivity index is 1.51. The van der Waals surface area contributed by atoms with Gasteiger partial charge in [0.2, 0.25) is 5.89 Å². The SMILES string of the molecule is CC(NC(=O)c1coc(CN(Cc2ccc(F)cc2F)C(C)c2ccccc2)n1)c1ccccc1. The molecule has 1 amide bonds. The molecule has 4 aromatic rings. The average molecular weight is 476 g/mol. The minimum Gasteiger partial charge on any atom is -0.447 e. The average Bonchev–Trinajstić information content (AvgIpc) is 3.34. The van der Waals surface area contributed by atoms with E-state index in [0.717, 1.165) is 17.2 Å². The molecular weight excluding hydrogens is 448 g/mol. The minimum atomic E-state index is -0.623. The van der Waals surface area contributed by atoms with Crippen LogP contribution in [0, 0.1) is 11.6 Å². The van der Waals surface area contributed by atoms with Gasteiger partial charge >= 0.3 is 0 Å². The highest BCUT2D eigenvalue weighted by Gasteiger charge is 2.22. The zero-order valence-electron chi connectivity index (χ0n) is 19.6. The fraction of sp³-hybridized carbons (Fsp3) is 0.214. The van der Waals surface area contributed by atoms with E-state index in [9.17, 15) is 13.6 Å². The molecule has 35 heavy (non-hydrogen) atoms. The molecule has 2 atom stereocenters. The molecule has 1 N–H and O–H groups in total. The smallest absolute Gasteiger partial charge is 0.273 e. The molecule has 0 aliphatic heterocycles. The first-order chi connectivity index (χ1) is 16.9. The van der Waals surface area contributed by atoms with Gasteiger partial charge in [-0.3, -0.25) is 9.69 Å². The third-order valence-corrected chi connectivity index (χ3v) is 5.99. The van der Waals surface area contributed by atoms with E-state index in [1.54, 1.807) is 0 Å². The lowest BCUT2D eigenvalue weighted by Gasteiger charge is -2.28. The summed E-state index contributed by atoms with van der Waals surface area (Å²) in [4.78, 5) is 19.1. The highest BCUT2D eigenvalue weighted by atomic mass is 19.1. The molecule has 7 heteroatoms. The lowest BCUT2D eigenvalue weighted by Crippen LogP contribution is -2.28. The van der Waals surface area contributed by atoms with Crippen LogP contribution in [0.1, 0.15) is 59.0 Å². The monoisotopic (exact) mass is 475 g/mol. The number of benzene rings is 3. The minimum absolute atomic E-state index is 0.122. The Kier molecular flexibility index (Phi) is 7.67. The number of carbonyl (C=O) groups is 1. The van der Waals surface area contributed by atoms with Crippen LogP contribution in [-0.4, -0.2) is 15.8 Å². The Bertz CT molecular complexity index is 1260. The molecule has 0 aliphatic carbocycles. The van der Waals surface area contributed by atoms with Crippen molar-refractivity contribution in [2.45, 2.75) is 39.0 Å². The Morgan fingerprint density at radius 1 is 0.943 bits per heavy atom. The molecule has 0 saturated heterocycles. The number of amides is 1. The summed E-state index contributed by atoms with van der Waals surface area (Å²) in [5.74, 6) is -1.25. The van der Waals surface area contributed by atoms with Gasteiger partial charge < -0.3 is 9.73 Å². The number of nitrogens with zero attached hydrogens (tertiary/aromatic N) is 2. The topological polar surface area (TPSA) is 58.4 Å². The van der Waals surface area contributed by atoms with Crippen molar-refractivity contribution in [3.63, 3.8) is 0 Å². The summed E-state index contributed by atoms with van der Waals surface area (Å²) in [5, 5.41) is 2.92. The first-order valence-electron chi connectivity index (χ1n) is 11.4. The van der Waals surface area contributed by atoms with Crippen LogP contribution >= 0.6 is 0 Å². The second-order valence-corrected chi connectivity index (χ2v) is 8.46. The molecule has 0 aliphatic rings. The van der Waals surface area contributed by atoms with Gasteiger partial charge in [0.15, 0.2) is 5.69 Å². The first kappa shape index (κ1) is 24.3. The van der Waals surface area contributed by atoms with Gasteiger partial charge in [-0.1, -0.05) is 66.7 Å². The lowest BCUT2D eigenvalue weighted by atomic mass is 10.1. The van der Waals surface area contributed by atoms with Crippen molar-refractivity contribution in [1.29, 1.82) is 0 Å². The van der Waals surface area contributed by atoms with E-state index >= 15 is 0 Å². The van der Waals surface area contributed by atoms with Gasteiger partial charge in [0.05, 0.1) is 12.6 Å². The summed E-state index contributed by atoms with van der Waals surface area (Å²) >= 11 is 0. The highest BCUT2D eigenvalue weighted by molar-refractivity contribution is 5.92. The number of oxazole rings is 1. The number of rotatable bonds is 9. The van der Waals surface area contributed by atoms with Gasteiger partial charge in [0.25, 0.3) is 5.91 Å². The maximum atomic E-state index is 14.4. The number of aromatic nitrogens is 1. The standard InChI is InChI=1S/C28H27F2N3O2/c1-19(21-9-5-3-6-10-21)31-28(34)26-18-35-27(32-26)17-33(20(2)22-11-7-4-8-12-22)16-23-13-14-24(29)15-25(23)30/h3-15,18-20H,16-17H2,1-2H3,(H,31,34). The molecule has 0 bridgehead atoms. The van der Waals surface area contributed by atoms with Crippen molar-refractivity contribution in [2.75, 3.05) is 0 Å². The molecule has 5 nitrogen and oxygen atoms in total. The van der Waals surface area contributed by atoms with Crippen LogP contribution in [0.4, 0.5) is 8.78 Å². The van der Waals surface area contributed by atoms with Crippen molar-refractivity contribution in [3.8, 4) is 0 Å². The number of hydrogen-bond donors (Lipinski definition) is 1. The van der Waals surface area contributed by atoms with E-state index in [0.29, 0.717) is 11.5 Å². The Morgan fingerprint density at radius 2 is 1.60 bits per heavy atom. The van der Waals surface area contributed by atoms with Crippen molar-refractivity contribution in [1.82, 2.24) is 15.2 Å². The lowest BCUT2D eigenvalue weighted by molar-refractivity contribution is 0.0934. The van der Waals surface area contributed by atoms with Gasteiger partial charge in [-0.05, 0) is 31.0 Å². The quantitative estimate of drug-likeness (QED) is 0.313. The number of carbonyl (C=O) groups excluding carboxylic acids is 1. The van der Waals surface area contributed by atoms with E-state index in [2.05, 4.69) is 10.3 Å². The summed E-state index contributed by atoms with van der Waals surface area (Å²) in [5.41, 5.74) is 2.53. The maximum absolute atomic E-state index is 14.4. The van der Waals surface area contributed by atoms with Gasteiger partial charge in [0, 0.05) is 24.2 Å².